The SMILES string of the molecule is Fc1cncc(-c2cnn(-c3cnn4ccc(N5CCCC5c5cc(F)ccc5F)nc34)c2)c1. The fourth-order valence-electron chi connectivity index (χ4n) is 4.48. The maximum Gasteiger partial charge on any atom is 0.183 e. The van der Waals surface area contributed by atoms with Crippen LogP contribution in [0.4, 0.5) is 19.0 Å². The van der Waals surface area contributed by atoms with Crippen LogP contribution in [0.3, 0.4) is 0 Å². The molecule has 34 heavy (non-hydrogen) atoms. The Kier molecular flexibility index (Phi) is 4.79. The van der Waals surface area contributed by atoms with Crippen molar-refractivity contribution in [1.29, 1.82) is 0 Å². The Bertz CT molecular complexity index is 1510. The van der Waals surface area contributed by atoms with Gasteiger partial charge in [-0.05, 0) is 43.2 Å². The van der Waals surface area contributed by atoms with Crippen LogP contribution in [0.15, 0.2) is 67.5 Å². The average Bonchev–Trinajstić information content (AvgIpc) is 3.59. The van der Waals surface area contributed by atoms with E-state index in [1.165, 1.54) is 12.1 Å². The minimum atomic E-state index is -0.465. The van der Waals surface area contributed by atoms with Gasteiger partial charge >= 0.3 is 0 Å². The van der Waals surface area contributed by atoms with E-state index in [-0.39, 0.29) is 6.04 Å². The first-order valence-corrected chi connectivity index (χ1v) is 10.8. The van der Waals surface area contributed by atoms with E-state index in [0.717, 1.165) is 24.8 Å². The van der Waals surface area contributed by atoms with Gasteiger partial charge in [-0.25, -0.2) is 27.4 Å². The summed E-state index contributed by atoms with van der Waals surface area (Å²) in [5.74, 6) is -0.683. The first-order chi connectivity index (χ1) is 16.6. The molecule has 0 spiro atoms. The van der Waals surface area contributed by atoms with Crippen LogP contribution in [-0.2, 0) is 0 Å². The van der Waals surface area contributed by atoms with Crippen LogP contribution in [0.25, 0.3) is 22.5 Å². The van der Waals surface area contributed by atoms with Gasteiger partial charge in [-0.15, -0.1) is 0 Å². The first-order valence-electron chi connectivity index (χ1n) is 10.8. The van der Waals surface area contributed by atoms with Crippen LogP contribution >= 0.6 is 0 Å². The van der Waals surface area contributed by atoms with E-state index in [1.54, 1.807) is 40.2 Å². The van der Waals surface area contributed by atoms with Gasteiger partial charge < -0.3 is 4.90 Å². The molecule has 5 heterocycles. The predicted octanol–water partition coefficient (Wildman–Crippen LogP) is 4.74. The largest absolute Gasteiger partial charge is 0.349 e. The van der Waals surface area contributed by atoms with E-state index in [2.05, 4.69) is 15.2 Å². The summed E-state index contributed by atoms with van der Waals surface area (Å²) in [7, 11) is 0. The standard InChI is InChI=1S/C24H18F3N7/c25-17-3-4-20(27)19(9-17)21-2-1-6-32(21)23-5-7-33-24(31-23)22(13-30-33)34-14-16(11-29-34)15-8-18(26)12-28-10-15/h3-5,7-14,21H,1-2,6H2. The van der Waals surface area contributed by atoms with Gasteiger partial charge in [0.05, 0.1) is 24.6 Å². The number of nitrogens with zero attached hydrogens (tertiary/aromatic N) is 7. The molecule has 10 heteroatoms. The van der Waals surface area contributed by atoms with Crippen molar-refractivity contribution in [3.63, 3.8) is 0 Å². The Morgan fingerprint density at radius 1 is 0.882 bits per heavy atom. The third kappa shape index (κ3) is 3.47. The van der Waals surface area contributed by atoms with E-state index in [9.17, 15) is 13.2 Å². The maximum absolute atomic E-state index is 14.5. The van der Waals surface area contributed by atoms with Crippen LogP contribution in [0, 0.1) is 17.5 Å². The van der Waals surface area contributed by atoms with Gasteiger partial charge in [0, 0.05) is 41.8 Å². The Hall–Kier alpha value is -4.21. The van der Waals surface area contributed by atoms with E-state index in [4.69, 9.17) is 4.98 Å². The van der Waals surface area contributed by atoms with E-state index >= 15 is 0 Å². The van der Waals surface area contributed by atoms with Crippen LogP contribution in [0.1, 0.15) is 24.4 Å². The first kappa shape index (κ1) is 20.4. The minimum Gasteiger partial charge on any atom is -0.349 e. The van der Waals surface area contributed by atoms with Crippen molar-refractivity contribution in [2.75, 3.05) is 11.4 Å². The molecule has 170 valence electrons. The number of pyridine rings is 1. The number of hydrogen-bond donors (Lipinski definition) is 0. The molecule has 5 aromatic rings. The quantitative estimate of drug-likeness (QED) is 0.387. The van der Waals surface area contributed by atoms with Crippen LogP contribution < -0.4 is 4.90 Å². The van der Waals surface area contributed by atoms with Crippen LogP contribution in [-0.4, -0.2) is 35.9 Å². The number of aromatic nitrogens is 6. The second-order valence-corrected chi connectivity index (χ2v) is 8.17. The van der Waals surface area contributed by atoms with Gasteiger partial charge in [-0.1, -0.05) is 0 Å². The van der Waals surface area contributed by atoms with Gasteiger partial charge in [0.1, 0.15) is 29.0 Å². The summed E-state index contributed by atoms with van der Waals surface area (Å²) in [6, 6.07) is 6.43. The van der Waals surface area contributed by atoms with Crippen molar-refractivity contribution < 1.29 is 13.2 Å². The third-order valence-electron chi connectivity index (χ3n) is 6.07. The second-order valence-electron chi connectivity index (χ2n) is 8.17. The molecule has 0 amide bonds. The van der Waals surface area contributed by atoms with Gasteiger partial charge in [0.15, 0.2) is 5.65 Å². The van der Waals surface area contributed by atoms with Gasteiger partial charge in [-0.2, -0.15) is 10.2 Å². The molecule has 4 aromatic heterocycles. The molecule has 0 radical (unpaired) electrons. The summed E-state index contributed by atoms with van der Waals surface area (Å²) in [6.07, 6.45) is 11.0. The highest BCUT2D eigenvalue weighted by Crippen LogP contribution is 2.37. The number of halogens is 3. The number of hydrogen-bond acceptors (Lipinski definition) is 5. The zero-order valence-corrected chi connectivity index (χ0v) is 17.8. The number of rotatable bonds is 4. The molecule has 6 rings (SSSR count). The lowest BCUT2D eigenvalue weighted by Crippen LogP contribution is -2.24. The van der Waals surface area contributed by atoms with Crippen molar-refractivity contribution in [3.05, 3.63) is 90.5 Å². The molecule has 0 saturated carbocycles. The molecule has 1 unspecified atom stereocenters. The molecule has 1 atom stereocenters. The minimum absolute atomic E-state index is 0.311. The summed E-state index contributed by atoms with van der Waals surface area (Å²) in [5.41, 5.74) is 2.81. The molecule has 7 nitrogen and oxygen atoms in total. The number of fused-ring (bicyclic) bond motifs is 1. The number of benzene rings is 1. The van der Waals surface area contributed by atoms with Crippen molar-refractivity contribution in [3.8, 4) is 16.8 Å². The second kappa shape index (κ2) is 7.98. The molecular formula is C24H18F3N7. The van der Waals surface area contributed by atoms with E-state index in [1.807, 2.05) is 11.0 Å². The monoisotopic (exact) mass is 461 g/mol. The molecule has 0 bridgehead atoms. The lowest BCUT2D eigenvalue weighted by Gasteiger charge is -2.26. The lowest BCUT2D eigenvalue weighted by atomic mass is 10.0. The van der Waals surface area contributed by atoms with Crippen molar-refractivity contribution in [2.24, 2.45) is 0 Å². The molecule has 1 fully saturated rings. The predicted molar refractivity (Wildman–Crippen MR) is 119 cm³/mol. The zero-order chi connectivity index (χ0) is 23.2. The lowest BCUT2D eigenvalue weighted by molar-refractivity contribution is 0.560. The summed E-state index contributed by atoms with van der Waals surface area (Å²) in [5, 5.41) is 8.75. The normalized spacial score (nSPS) is 16.0. The van der Waals surface area contributed by atoms with Crippen LogP contribution in [0.5, 0.6) is 0 Å². The van der Waals surface area contributed by atoms with Crippen molar-refractivity contribution >= 4 is 11.5 Å². The molecule has 1 aromatic carbocycles. The highest BCUT2D eigenvalue weighted by molar-refractivity contribution is 5.65. The Morgan fingerprint density at radius 2 is 1.79 bits per heavy atom. The van der Waals surface area contributed by atoms with Gasteiger partial charge in [-0.3, -0.25) is 4.98 Å². The zero-order valence-electron chi connectivity index (χ0n) is 17.8. The van der Waals surface area contributed by atoms with Crippen LogP contribution in [0.2, 0.25) is 0 Å². The third-order valence-corrected chi connectivity index (χ3v) is 6.07. The fourth-order valence-corrected chi connectivity index (χ4v) is 4.48. The summed E-state index contributed by atoms with van der Waals surface area (Å²) in [6.45, 7) is 0.672. The molecule has 0 aliphatic carbocycles. The summed E-state index contributed by atoms with van der Waals surface area (Å²) in [4.78, 5) is 10.7. The van der Waals surface area contributed by atoms with Crippen molar-refractivity contribution in [1.82, 2.24) is 29.4 Å². The fraction of sp³-hybridized carbons (Fsp3) is 0.167. The summed E-state index contributed by atoms with van der Waals surface area (Å²) >= 11 is 0. The van der Waals surface area contributed by atoms with E-state index in [0.29, 0.717) is 46.8 Å². The average molecular weight is 461 g/mol. The molecule has 0 N–H and O–H groups in total. The molecule has 1 aliphatic rings. The molecular weight excluding hydrogens is 443 g/mol. The Balaban J connectivity index is 1.38. The smallest absolute Gasteiger partial charge is 0.183 e. The Morgan fingerprint density at radius 3 is 2.68 bits per heavy atom. The maximum atomic E-state index is 14.5. The Labute approximate surface area is 192 Å². The van der Waals surface area contributed by atoms with Gasteiger partial charge in [0.25, 0.3) is 0 Å². The highest BCUT2D eigenvalue weighted by atomic mass is 19.1. The molecule has 1 saturated heterocycles. The van der Waals surface area contributed by atoms with E-state index < -0.39 is 17.5 Å². The van der Waals surface area contributed by atoms with Crippen molar-refractivity contribution in [2.45, 2.75) is 18.9 Å². The molecule has 1 aliphatic heterocycles. The number of anilines is 1. The van der Waals surface area contributed by atoms with Gasteiger partial charge in [0.2, 0.25) is 0 Å². The topological polar surface area (TPSA) is 64.1 Å². The summed E-state index contributed by atoms with van der Waals surface area (Å²) < 4.78 is 45.2. The highest BCUT2D eigenvalue weighted by Gasteiger charge is 2.30.